The van der Waals surface area contributed by atoms with Crippen LogP contribution in [0.15, 0.2) is 18.2 Å². The fourth-order valence-electron chi connectivity index (χ4n) is 4.71. The van der Waals surface area contributed by atoms with Gasteiger partial charge in [0.25, 0.3) is 0 Å². The van der Waals surface area contributed by atoms with E-state index < -0.39 is 11.6 Å². The molecule has 2 fully saturated rings. The minimum Gasteiger partial charge on any atom is -0.340 e. The van der Waals surface area contributed by atoms with Gasteiger partial charge in [-0.25, -0.2) is 8.78 Å². The smallest absolute Gasteiger partial charge is 0.222 e. The summed E-state index contributed by atoms with van der Waals surface area (Å²) >= 11 is 0. The van der Waals surface area contributed by atoms with Crippen molar-refractivity contribution in [2.24, 2.45) is 11.8 Å². The first-order valence-electron chi connectivity index (χ1n) is 10.7. The molecule has 0 radical (unpaired) electrons. The number of halogens is 2. The van der Waals surface area contributed by atoms with Gasteiger partial charge in [0.15, 0.2) is 0 Å². The average Bonchev–Trinajstić information content (AvgIpc) is 2.71. The van der Waals surface area contributed by atoms with Crippen LogP contribution < -0.4 is 5.32 Å². The summed E-state index contributed by atoms with van der Waals surface area (Å²) in [4.78, 5) is 16.9. The molecule has 2 heterocycles. The molecule has 1 amide bonds. The molecule has 0 saturated carbocycles. The number of piperidine rings is 1. The molecule has 2 unspecified atom stereocenters. The second kappa shape index (κ2) is 9.79. The average molecular weight is 394 g/mol. The number of carbonyl (C=O) groups is 1. The first-order chi connectivity index (χ1) is 13.5. The Morgan fingerprint density at radius 1 is 1.18 bits per heavy atom. The quantitative estimate of drug-likeness (QED) is 0.802. The van der Waals surface area contributed by atoms with Crippen molar-refractivity contribution in [2.45, 2.75) is 45.6 Å². The lowest BCUT2D eigenvalue weighted by molar-refractivity contribution is -0.134. The van der Waals surface area contributed by atoms with Crippen molar-refractivity contribution in [1.82, 2.24) is 15.1 Å². The van der Waals surface area contributed by atoms with E-state index in [-0.39, 0.29) is 11.9 Å². The number of hydrogen-bond donors (Lipinski definition) is 1. The third-order valence-electron chi connectivity index (χ3n) is 6.50. The first-order valence-corrected chi connectivity index (χ1v) is 10.7. The fraction of sp³-hybridized carbons (Fsp3) is 0.682. The Morgan fingerprint density at radius 2 is 1.86 bits per heavy atom. The molecule has 1 aromatic carbocycles. The highest BCUT2D eigenvalue weighted by Crippen LogP contribution is 2.29. The Hall–Kier alpha value is -1.53. The summed E-state index contributed by atoms with van der Waals surface area (Å²) in [6, 6.07) is 3.76. The highest BCUT2D eigenvalue weighted by atomic mass is 19.1. The maximum absolute atomic E-state index is 14.2. The lowest BCUT2D eigenvalue weighted by atomic mass is 9.84. The standard InChI is InChI=1S/C22H33F2N3O/c1-3-21(19-5-4-18(23)15-20(19)24)26-10-12-27(13-11-26)22(28)14-16(2)17-6-8-25-9-7-17/h4-5,15-17,21,25H,3,6-14H2,1-2H3. The summed E-state index contributed by atoms with van der Waals surface area (Å²) in [5, 5.41) is 3.38. The van der Waals surface area contributed by atoms with Gasteiger partial charge in [-0.2, -0.15) is 0 Å². The van der Waals surface area contributed by atoms with Crippen LogP contribution in [-0.4, -0.2) is 55.0 Å². The number of hydrogen-bond acceptors (Lipinski definition) is 3. The van der Waals surface area contributed by atoms with Crippen molar-refractivity contribution in [3.8, 4) is 0 Å². The number of benzene rings is 1. The monoisotopic (exact) mass is 393 g/mol. The maximum atomic E-state index is 14.2. The molecule has 2 atom stereocenters. The first kappa shape index (κ1) is 21.2. The van der Waals surface area contributed by atoms with Gasteiger partial charge in [0.05, 0.1) is 0 Å². The van der Waals surface area contributed by atoms with Crippen molar-refractivity contribution in [3.05, 3.63) is 35.4 Å². The van der Waals surface area contributed by atoms with Gasteiger partial charge in [-0.15, -0.1) is 0 Å². The second-order valence-corrected chi connectivity index (χ2v) is 8.28. The summed E-state index contributed by atoms with van der Waals surface area (Å²) in [5.74, 6) is 0.268. The van der Waals surface area contributed by atoms with E-state index >= 15 is 0 Å². The predicted octanol–water partition coefficient (Wildman–Crippen LogP) is 3.59. The van der Waals surface area contributed by atoms with Crippen LogP contribution in [-0.2, 0) is 4.79 Å². The van der Waals surface area contributed by atoms with Crippen molar-refractivity contribution in [3.63, 3.8) is 0 Å². The molecule has 6 heteroatoms. The molecule has 2 aliphatic heterocycles. The molecule has 2 aliphatic rings. The van der Waals surface area contributed by atoms with Crippen LogP contribution in [0.1, 0.15) is 51.1 Å². The number of rotatable bonds is 6. The van der Waals surface area contributed by atoms with E-state index in [1.165, 1.54) is 6.07 Å². The van der Waals surface area contributed by atoms with Crippen LogP contribution in [0.3, 0.4) is 0 Å². The van der Waals surface area contributed by atoms with E-state index in [9.17, 15) is 13.6 Å². The van der Waals surface area contributed by atoms with Crippen molar-refractivity contribution in [2.75, 3.05) is 39.3 Å². The van der Waals surface area contributed by atoms with Crippen LogP contribution in [0.25, 0.3) is 0 Å². The summed E-state index contributed by atoms with van der Waals surface area (Å²) in [6.45, 7) is 9.14. The third kappa shape index (κ3) is 5.09. The number of nitrogens with one attached hydrogen (secondary N) is 1. The van der Waals surface area contributed by atoms with Gasteiger partial charge in [-0.3, -0.25) is 9.69 Å². The minimum absolute atomic E-state index is 0.0773. The molecular formula is C22H33F2N3O. The van der Waals surface area contributed by atoms with Gasteiger partial charge in [0.1, 0.15) is 11.6 Å². The molecule has 4 nitrogen and oxygen atoms in total. The van der Waals surface area contributed by atoms with Crippen molar-refractivity contribution in [1.29, 1.82) is 0 Å². The molecule has 2 saturated heterocycles. The molecule has 3 rings (SSSR count). The predicted molar refractivity (Wildman–Crippen MR) is 107 cm³/mol. The zero-order valence-corrected chi connectivity index (χ0v) is 17.1. The van der Waals surface area contributed by atoms with Gasteiger partial charge in [-0.05, 0) is 50.3 Å². The second-order valence-electron chi connectivity index (χ2n) is 8.28. The highest BCUT2D eigenvalue weighted by molar-refractivity contribution is 5.76. The minimum atomic E-state index is -0.547. The Balaban J connectivity index is 1.53. The third-order valence-corrected chi connectivity index (χ3v) is 6.50. The van der Waals surface area contributed by atoms with E-state index in [1.807, 2.05) is 11.8 Å². The zero-order valence-electron chi connectivity index (χ0n) is 17.1. The lowest BCUT2D eigenvalue weighted by Gasteiger charge is -2.40. The number of piperazine rings is 1. The summed E-state index contributed by atoms with van der Waals surface area (Å²) in [7, 11) is 0. The Morgan fingerprint density at radius 3 is 2.46 bits per heavy atom. The largest absolute Gasteiger partial charge is 0.340 e. The molecule has 0 spiro atoms. The topological polar surface area (TPSA) is 35.6 Å². The van der Waals surface area contributed by atoms with Gasteiger partial charge in [0.2, 0.25) is 5.91 Å². The van der Waals surface area contributed by atoms with E-state index in [1.54, 1.807) is 6.07 Å². The lowest BCUT2D eigenvalue weighted by Crippen LogP contribution is -2.50. The SMILES string of the molecule is CCC(c1ccc(F)cc1F)N1CCN(C(=O)CC(C)C2CCNCC2)CC1. The number of amides is 1. The van der Waals surface area contributed by atoms with Crippen molar-refractivity contribution >= 4 is 5.91 Å². The number of nitrogens with zero attached hydrogens (tertiary/aromatic N) is 2. The van der Waals surface area contributed by atoms with Crippen molar-refractivity contribution < 1.29 is 13.6 Å². The Bertz CT molecular complexity index is 655. The van der Waals surface area contributed by atoms with Crippen LogP contribution in [0, 0.1) is 23.5 Å². The van der Waals surface area contributed by atoms with Crippen LogP contribution >= 0.6 is 0 Å². The maximum Gasteiger partial charge on any atom is 0.222 e. The van der Waals surface area contributed by atoms with Crippen LogP contribution in [0.5, 0.6) is 0 Å². The molecule has 1 N–H and O–H groups in total. The molecule has 28 heavy (non-hydrogen) atoms. The summed E-state index contributed by atoms with van der Waals surface area (Å²) in [5.41, 5.74) is 0.545. The Kier molecular flexibility index (Phi) is 7.41. The molecule has 1 aromatic rings. The van der Waals surface area contributed by atoms with E-state index in [4.69, 9.17) is 0 Å². The molecular weight excluding hydrogens is 360 g/mol. The number of carbonyl (C=O) groups excluding carboxylic acids is 1. The normalized spacial score (nSPS) is 21.5. The van der Waals surface area contributed by atoms with E-state index in [0.29, 0.717) is 36.9 Å². The van der Waals surface area contributed by atoms with E-state index in [0.717, 1.165) is 51.5 Å². The van der Waals surface area contributed by atoms with Gasteiger partial charge < -0.3 is 10.2 Å². The Labute approximate surface area is 167 Å². The van der Waals surface area contributed by atoms with E-state index in [2.05, 4.69) is 17.1 Å². The molecule has 0 aliphatic carbocycles. The molecule has 156 valence electrons. The summed E-state index contributed by atoms with van der Waals surface area (Å²) in [6.07, 6.45) is 3.69. The molecule has 0 aromatic heterocycles. The molecule has 0 bridgehead atoms. The van der Waals surface area contributed by atoms with Gasteiger partial charge >= 0.3 is 0 Å². The van der Waals surface area contributed by atoms with Gasteiger partial charge in [0, 0.05) is 50.3 Å². The summed E-state index contributed by atoms with van der Waals surface area (Å²) < 4.78 is 27.5. The van der Waals surface area contributed by atoms with Crippen LogP contribution in [0.2, 0.25) is 0 Å². The van der Waals surface area contributed by atoms with Crippen LogP contribution in [0.4, 0.5) is 8.78 Å². The highest BCUT2D eigenvalue weighted by Gasteiger charge is 2.29. The van der Waals surface area contributed by atoms with Gasteiger partial charge in [-0.1, -0.05) is 19.9 Å². The zero-order chi connectivity index (χ0) is 20.1. The fourth-order valence-corrected chi connectivity index (χ4v) is 4.71.